The lowest BCUT2D eigenvalue weighted by Crippen LogP contribution is -2.03. The van der Waals surface area contributed by atoms with Gasteiger partial charge >= 0.3 is 0 Å². The van der Waals surface area contributed by atoms with Crippen LogP contribution >= 0.6 is 0 Å². The summed E-state index contributed by atoms with van der Waals surface area (Å²) in [4.78, 5) is 15.0. The molecule has 0 saturated heterocycles. The molecule has 1 aliphatic rings. The summed E-state index contributed by atoms with van der Waals surface area (Å²) in [5.41, 5.74) is 8.12. The van der Waals surface area contributed by atoms with Crippen molar-refractivity contribution in [2.45, 2.75) is 12.8 Å². The Balaban J connectivity index is 1.20. The number of furan rings is 2. The fourth-order valence-electron chi connectivity index (χ4n) is 7.06. The number of allylic oxidation sites excluding steroid dienone is 4. The molecule has 226 valence electrons. The Morgan fingerprint density at radius 1 is 0.479 bits per heavy atom. The van der Waals surface area contributed by atoms with Gasteiger partial charge in [0.25, 0.3) is 0 Å². The maximum absolute atomic E-state index is 6.71. The van der Waals surface area contributed by atoms with Crippen LogP contribution in [-0.2, 0) is 0 Å². The zero-order valence-corrected chi connectivity index (χ0v) is 25.9. The molecule has 5 nitrogen and oxygen atoms in total. The molecule has 3 aromatic heterocycles. The van der Waals surface area contributed by atoms with Gasteiger partial charge in [-0.2, -0.15) is 0 Å². The van der Waals surface area contributed by atoms with Gasteiger partial charge in [-0.3, -0.25) is 0 Å². The zero-order valence-electron chi connectivity index (χ0n) is 25.9. The van der Waals surface area contributed by atoms with E-state index >= 15 is 0 Å². The summed E-state index contributed by atoms with van der Waals surface area (Å²) in [5, 5.41) is 6.51. The van der Waals surface area contributed by atoms with Gasteiger partial charge in [0.05, 0.1) is 0 Å². The molecule has 0 saturated carbocycles. The Morgan fingerprint density at radius 2 is 1.15 bits per heavy atom. The minimum absolute atomic E-state index is 0.615. The van der Waals surface area contributed by atoms with E-state index in [1.807, 2.05) is 42.5 Å². The Labute approximate surface area is 275 Å². The number of benzene rings is 6. The predicted molar refractivity (Wildman–Crippen MR) is 195 cm³/mol. The molecule has 0 fully saturated rings. The van der Waals surface area contributed by atoms with Crippen LogP contribution in [0.2, 0.25) is 0 Å². The molecule has 9 aromatic rings. The maximum atomic E-state index is 6.71. The molecule has 0 unspecified atom stereocenters. The second-order valence-corrected chi connectivity index (χ2v) is 12.3. The molecule has 0 bridgehead atoms. The molecule has 6 aromatic carbocycles. The van der Waals surface area contributed by atoms with Crippen molar-refractivity contribution in [2.24, 2.45) is 0 Å². The summed E-state index contributed by atoms with van der Waals surface area (Å²) in [6.45, 7) is 0. The first-order valence-electron chi connectivity index (χ1n) is 16.3. The lowest BCUT2D eigenvalue weighted by atomic mass is 9.98. The van der Waals surface area contributed by atoms with E-state index in [1.165, 1.54) is 5.39 Å². The van der Waals surface area contributed by atoms with E-state index in [-0.39, 0.29) is 0 Å². The average molecular weight is 618 g/mol. The number of hydrogen-bond acceptors (Lipinski definition) is 5. The maximum Gasteiger partial charge on any atom is 0.164 e. The molecule has 0 radical (unpaired) electrons. The molecule has 5 heteroatoms. The number of fused-ring (bicyclic) bond motifs is 7. The average Bonchev–Trinajstić information content (AvgIpc) is 3.72. The van der Waals surface area contributed by atoms with Gasteiger partial charge in [-0.25, -0.2) is 15.0 Å². The Bertz CT molecular complexity index is 2790. The van der Waals surface area contributed by atoms with Crippen molar-refractivity contribution in [1.82, 2.24) is 15.0 Å². The van der Waals surface area contributed by atoms with Crippen LogP contribution in [0, 0.1) is 0 Å². The number of nitrogens with zero attached hydrogens (tertiary/aromatic N) is 3. The highest BCUT2D eigenvalue weighted by Gasteiger charge is 2.21. The highest BCUT2D eigenvalue weighted by molar-refractivity contribution is 6.18. The van der Waals surface area contributed by atoms with Gasteiger partial charge in [-0.1, -0.05) is 121 Å². The zero-order chi connectivity index (χ0) is 31.6. The van der Waals surface area contributed by atoms with Crippen molar-refractivity contribution < 1.29 is 8.83 Å². The summed E-state index contributed by atoms with van der Waals surface area (Å²) < 4.78 is 13.3. The number of rotatable bonds is 4. The fourth-order valence-corrected chi connectivity index (χ4v) is 7.06. The van der Waals surface area contributed by atoms with Crippen molar-refractivity contribution in [3.63, 3.8) is 0 Å². The second-order valence-electron chi connectivity index (χ2n) is 12.3. The molecule has 48 heavy (non-hydrogen) atoms. The third kappa shape index (κ3) is 4.21. The minimum atomic E-state index is 0.615. The lowest BCUT2D eigenvalue weighted by Gasteiger charge is -2.11. The smallest absolute Gasteiger partial charge is 0.164 e. The van der Waals surface area contributed by atoms with Crippen LogP contribution < -0.4 is 0 Å². The molecule has 0 atom stereocenters. The van der Waals surface area contributed by atoms with Crippen molar-refractivity contribution >= 4 is 60.2 Å². The molecule has 1 aliphatic carbocycles. The van der Waals surface area contributed by atoms with Gasteiger partial charge in [0.1, 0.15) is 22.3 Å². The van der Waals surface area contributed by atoms with Crippen LogP contribution in [0.5, 0.6) is 0 Å². The number of hydrogen-bond donors (Lipinski definition) is 0. The monoisotopic (exact) mass is 617 g/mol. The van der Waals surface area contributed by atoms with Gasteiger partial charge in [0.15, 0.2) is 17.5 Å². The van der Waals surface area contributed by atoms with E-state index in [9.17, 15) is 0 Å². The summed E-state index contributed by atoms with van der Waals surface area (Å²) in [6.07, 6.45) is 8.48. The van der Waals surface area contributed by atoms with E-state index in [4.69, 9.17) is 23.8 Å². The molecular weight excluding hydrogens is 590 g/mol. The molecule has 10 rings (SSSR count). The Morgan fingerprint density at radius 3 is 1.96 bits per heavy atom. The summed E-state index contributed by atoms with van der Waals surface area (Å²) in [7, 11) is 0. The number of para-hydroxylation sites is 2. The van der Waals surface area contributed by atoms with Gasteiger partial charge in [-0.05, 0) is 41.8 Å². The molecular formula is C43H27N3O2. The van der Waals surface area contributed by atoms with Crippen LogP contribution in [0.25, 0.3) is 94.1 Å². The van der Waals surface area contributed by atoms with Gasteiger partial charge in [-0.15, -0.1) is 0 Å². The van der Waals surface area contributed by atoms with E-state index in [0.717, 1.165) is 89.9 Å². The van der Waals surface area contributed by atoms with Gasteiger partial charge in [0.2, 0.25) is 0 Å². The summed E-state index contributed by atoms with van der Waals surface area (Å²) in [6, 6.07) is 41.6. The van der Waals surface area contributed by atoms with Crippen molar-refractivity contribution in [3.8, 4) is 33.9 Å². The lowest BCUT2D eigenvalue weighted by molar-refractivity contribution is 0.665. The van der Waals surface area contributed by atoms with Crippen LogP contribution in [0.1, 0.15) is 18.7 Å². The summed E-state index contributed by atoms with van der Waals surface area (Å²) in [5.74, 6) is 1.93. The third-order valence-corrected chi connectivity index (χ3v) is 9.34. The second kappa shape index (κ2) is 10.6. The quantitative estimate of drug-likeness (QED) is 0.197. The van der Waals surface area contributed by atoms with Gasteiger partial charge < -0.3 is 8.83 Å². The third-order valence-electron chi connectivity index (χ3n) is 9.34. The van der Waals surface area contributed by atoms with E-state index in [1.54, 1.807) is 0 Å². The number of aromatic nitrogens is 3. The fraction of sp³-hybridized carbons (Fsp3) is 0.0465. The highest BCUT2D eigenvalue weighted by Crippen LogP contribution is 2.43. The van der Waals surface area contributed by atoms with Crippen molar-refractivity contribution in [2.75, 3.05) is 0 Å². The van der Waals surface area contributed by atoms with E-state index in [0.29, 0.717) is 17.5 Å². The SMILES string of the molecule is C1=CC(c2nc(-c3ccccc3)nc(-c3cccc4oc5c(-c6cccc7c6oc6cc8ccccc8cc67)cccc5c34)n2)=CCC1. The van der Waals surface area contributed by atoms with Crippen LogP contribution in [0.15, 0.2) is 148 Å². The summed E-state index contributed by atoms with van der Waals surface area (Å²) >= 11 is 0. The normalized spacial score (nSPS) is 13.3. The van der Waals surface area contributed by atoms with E-state index in [2.05, 4.69) is 97.1 Å². The molecule has 0 aliphatic heterocycles. The highest BCUT2D eigenvalue weighted by atomic mass is 16.3. The molecule has 3 heterocycles. The van der Waals surface area contributed by atoms with Crippen LogP contribution in [0.3, 0.4) is 0 Å². The molecule has 0 amide bonds. The van der Waals surface area contributed by atoms with Gasteiger partial charge in [0, 0.05) is 49.4 Å². The molecule has 0 spiro atoms. The van der Waals surface area contributed by atoms with Crippen LogP contribution in [-0.4, -0.2) is 15.0 Å². The Hall–Kier alpha value is -6.33. The predicted octanol–water partition coefficient (Wildman–Crippen LogP) is 11.6. The van der Waals surface area contributed by atoms with E-state index < -0.39 is 0 Å². The van der Waals surface area contributed by atoms with Crippen molar-refractivity contribution in [3.05, 3.63) is 145 Å². The first kappa shape index (κ1) is 26.8. The first-order valence-corrected chi connectivity index (χ1v) is 16.3. The molecule has 0 N–H and O–H groups in total. The standard InChI is InChI=1S/C43H27N3O2/c1-3-12-26(13-4-1)41-44-42(27-14-5-2-6-15-27)46-43(45-41)34-22-11-23-36-38(34)33-21-10-19-31(40(33)47-36)30-18-9-20-32-35-24-28-16-7-8-17-29(28)25-37(35)48-39(30)32/h1,3-5,7-25H,2,6H2. The first-order chi connectivity index (χ1) is 23.8. The largest absolute Gasteiger partial charge is 0.455 e. The Kier molecular flexibility index (Phi) is 5.93. The minimum Gasteiger partial charge on any atom is -0.455 e. The van der Waals surface area contributed by atoms with Crippen LogP contribution in [0.4, 0.5) is 0 Å². The topological polar surface area (TPSA) is 65.0 Å². The van der Waals surface area contributed by atoms with Crippen molar-refractivity contribution in [1.29, 1.82) is 0 Å².